The molecule has 19 heavy (non-hydrogen) atoms. The maximum atomic E-state index is 13.2. The van der Waals surface area contributed by atoms with Gasteiger partial charge in [-0.15, -0.1) is 0 Å². The van der Waals surface area contributed by atoms with Crippen molar-refractivity contribution in [1.29, 1.82) is 0 Å². The zero-order chi connectivity index (χ0) is 14.0. The summed E-state index contributed by atoms with van der Waals surface area (Å²) in [5, 5.41) is 7.75. The van der Waals surface area contributed by atoms with Crippen LogP contribution in [-0.2, 0) is 20.1 Å². The molecular formula is C15H20FN3. The Labute approximate surface area is 113 Å². The summed E-state index contributed by atoms with van der Waals surface area (Å²) < 4.78 is 15.1. The molecule has 0 radical (unpaired) electrons. The lowest BCUT2D eigenvalue weighted by Crippen LogP contribution is -2.14. The highest BCUT2D eigenvalue weighted by Gasteiger charge is 2.08. The summed E-state index contributed by atoms with van der Waals surface area (Å²) in [6, 6.07) is 4.90. The van der Waals surface area contributed by atoms with Gasteiger partial charge in [0.25, 0.3) is 0 Å². The molecular weight excluding hydrogens is 241 g/mol. The Morgan fingerprint density at radius 2 is 1.95 bits per heavy atom. The van der Waals surface area contributed by atoms with Gasteiger partial charge < -0.3 is 5.32 Å². The Kier molecular flexibility index (Phi) is 4.00. The fourth-order valence-corrected chi connectivity index (χ4v) is 2.23. The number of nitrogens with zero attached hydrogens (tertiary/aromatic N) is 2. The van der Waals surface area contributed by atoms with Gasteiger partial charge in [-0.1, -0.05) is 6.07 Å². The average molecular weight is 261 g/mol. The third-order valence-corrected chi connectivity index (χ3v) is 3.59. The van der Waals surface area contributed by atoms with E-state index in [9.17, 15) is 4.39 Å². The van der Waals surface area contributed by atoms with E-state index in [4.69, 9.17) is 0 Å². The Morgan fingerprint density at radius 1 is 1.21 bits per heavy atom. The van der Waals surface area contributed by atoms with E-state index in [-0.39, 0.29) is 5.82 Å². The van der Waals surface area contributed by atoms with Crippen molar-refractivity contribution in [1.82, 2.24) is 15.1 Å². The van der Waals surface area contributed by atoms with E-state index in [1.807, 2.05) is 31.6 Å². The van der Waals surface area contributed by atoms with Gasteiger partial charge in [-0.25, -0.2) is 4.39 Å². The maximum Gasteiger partial charge on any atom is 0.123 e. The van der Waals surface area contributed by atoms with Crippen LogP contribution in [0.4, 0.5) is 4.39 Å². The number of hydrogen-bond donors (Lipinski definition) is 1. The zero-order valence-corrected chi connectivity index (χ0v) is 11.9. The van der Waals surface area contributed by atoms with Gasteiger partial charge in [0.2, 0.25) is 0 Å². The lowest BCUT2D eigenvalue weighted by atomic mass is 10.1. The van der Waals surface area contributed by atoms with Crippen LogP contribution in [0.15, 0.2) is 18.2 Å². The normalized spacial score (nSPS) is 11.0. The molecule has 0 saturated carbocycles. The first-order chi connectivity index (χ1) is 8.99. The van der Waals surface area contributed by atoms with Crippen LogP contribution in [0, 0.1) is 26.6 Å². The van der Waals surface area contributed by atoms with E-state index in [2.05, 4.69) is 17.3 Å². The molecule has 1 N–H and O–H groups in total. The van der Waals surface area contributed by atoms with E-state index in [1.165, 1.54) is 17.3 Å². The molecule has 1 aromatic carbocycles. The number of hydrogen-bond acceptors (Lipinski definition) is 2. The lowest BCUT2D eigenvalue weighted by Gasteiger charge is -2.08. The predicted octanol–water partition coefficient (Wildman–Crippen LogP) is 2.77. The van der Waals surface area contributed by atoms with Crippen LogP contribution in [0.25, 0.3) is 0 Å². The van der Waals surface area contributed by atoms with E-state index >= 15 is 0 Å². The van der Waals surface area contributed by atoms with Crippen LogP contribution in [0.1, 0.15) is 28.1 Å². The summed E-state index contributed by atoms with van der Waals surface area (Å²) in [4.78, 5) is 0. The van der Waals surface area contributed by atoms with E-state index in [0.29, 0.717) is 6.54 Å². The van der Waals surface area contributed by atoms with Crippen LogP contribution in [-0.4, -0.2) is 9.78 Å². The molecule has 3 nitrogen and oxygen atoms in total. The summed E-state index contributed by atoms with van der Waals surface area (Å²) in [5.74, 6) is -0.184. The first kappa shape index (κ1) is 13.7. The van der Waals surface area contributed by atoms with Crippen molar-refractivity contribution in [2.45, 2.75) is 33.9 Å². The largest absolute Gasteiger partial charge is 0.308 e. The van der Waals surface area contributed by atoms with E-state index < -0.39 is 0 Å². The lowest BCUT2D eigenvalue weighted by molar-refractivity contribution is 0.618. The molecule has 0 atom stereocenters. The van der Waals surface area contributed by atoms with Crippen molar-refractivity contribution in [3.63, 3.8) is 0 Å². The zero-order valence-electron chi connectivity index (χ0n) is 11.9. The van der Waals surface area contributed by atoms with Crippen molar-refractivity contribution in [3.05, 3.63) is 52.1 Å². The second-order valence-electron chi connectivity index (χ2n) is 4.95. The summed E-state index contributed by atoms with van der Waals surface area (Å²) in [6.07, 6.45) is 0. The van der Waals surface area contributed by atoms with Crippen molar-refractivity contribution in [2.24, 2.45) is 7.05 Å². The highest BCUT2D eigenvalue weighted by atomic mass is 19.1. The van der Waals surface area contributed by atoms with Crippen molar-refractivity contribution in [3.8, 4) is 0 Å². The molecule has 0 aliphatic carbocycles. The number of nitrogens with one attached hydrogen (secondary N) is 1. The molecule has 1 aromatic heterocycles. The fourth-order valence-electron chi connectivity index (χ4n) is 2.23. The quantitative estimate of drug-likeness (QED) is 0.917. The monoisotopic (exact) mass is 261 g/mol. The number of aromatic nitrogens is 2. The molecule has 0 amide bonds. The van der Waals surface area contributed by atoms with Crippen molar-refractivity contribution < 1.29 is 4.39 Å². The van der Waals surface area contributed by atoms with Crippen LogP contribution in [0.5, 0.6) is 0 Å². The highest BCUT2D eigenvalue weighted by Crippen LogP contribution is 2.13. The minimum Gasteiger partial charge on any atom is -0.308 e. The predicted molar refractivity (Wildman–Crippen MR) is 74.4 cm³/mol. The van der Waals surface area contributed by atoms with E-state index in [1.54, 1.807) is 6.07 Å². The van der Waals surface area contributed by atoms with Crippen LogP contribution in [0.3, 0.4) is 0 Å². The van der Waals surface area contributed by atoms with Crippen molar-refractivity contribution >= 4 is 0 Å². The highest BCUT2D eigenvalue weighted by molar-refractivity contribution is 5.27. The summed E-state index contributed by atoms with van der Waals surface area (Å²) in [7, 11) is 1.95. The standard InChI is InChI=1S/C15H20FN3/c1-10-5-6-14(16)7-13(10)8-17-9-15-11(2)18-19(4)12(15)3/h5-7,17H,8-9H2,1-4H3. The number of benzene rings is 1. The molecule has 0 spiro atoms. The minimum atomic E-state index is -0.184. The Balaban J connectivity index is 2.02. The van der Waals surface area contributed by atoms with Crippen LogP contribution < -0.4 is 5.32 Å². The summed E-state index contributed by atoms with van der Waals surface area (Å²) in [6.45, 7) is 7.48. The van der Waals surface area contributed by atoms with Gasteiger partial charge >= 0.3 is 0 Å². The van der Waals surface area contributed by atoms with Gasteiger partial charge in [-0.05, 0) is 44.0 Å². The number of rotatable bonds is 4. The fraction of sp³-hybridized carbons (Fsp3) is 0.400. The van der Waals surface area contributed by atoms with E-state index in [0.717, 1.165) is 23.4 Å². The number of halogens is 1. The Morgan fingerprint density at radius 3 is 2.58 bits per heavy atom. The molecule has 2 rings (SSSR count). The van der Waals surface area contributed by atoms with Gasteiger partial charge in [0.1, 0.15) is 5.82 Å². The van der Waals surface area contributed by atoms with Crippen LogP contribution in [0.2, 0.25) is 0 Å². The summed E-state index contributed by atoms with van der Waals surface area (Å²) in [5.41, 5.74) is 5.54. The molecule has 1 heterocycles. The number of aryl methyl sites for hydroxylation is 3. The second kappa shape index (κ2) is 5.53. The molecule has 4 heteroatoms. The van der Waals surface area contributed by atoms with Crippen molar-refractivity contribution in [2.75, 3.05) is 0 Å². The Hall–Kier alpha value is -1.68. The first-order valence-electron chi connectivity index (χ1n) is 6.44. The van der Waals surface area contributed by atoms with Gasteiger partial charge in [0.05, 0.1) is 5.69 Å². The molecule has 0 fully saturated rings. The third kappa shape index (κ3) is 3.01. The van der Waals surface area contributed by atoms with Gasteiger partial charge in [0.15, 0.2) is 0 Å². The van der Waals surface area contributed by atoms with Gasteiger partial charge in [-0.2, -0.15) is 5.10 Å². The molecule has 0 unspecified atom stereocenters. The third-order valence-electron chi connectivity index (χ3n) is 3.59. The maximum absolute atomic E-state index is 13.2. The molecule has 0 saturated heterocycles. The topological polar surface area (TPSA) is 29.9 Å². The second-order valence-corrected chi connectivity index (χ2v) is 4.95. The Bertz CT molecular complexity index is 587. The SMILES string of the molecule is Cc1ccc(F)cc1CNCc1c(C)nn(C)c1C. The average Bonchev–Trinajstić information content (AvgIpc) is 2.60. The molecule has 102 valence electrons. The molecule has 0 aliphatic heterocycles. The summed E-state index contributed by atoms with van der Waals surface area (Å²) >= 11 is 0. The smallest absolute Gasteiger partial charge is 0.123 e. The molecule has 0 aliphatic rings. The van der Waals surface area contributed by atoms with Gasteiger partial charge in [-0.3, -0.25) is 4.68 Å². The van der Waals surface area contributed by atoms with Crippen LogP contribution >= 0.6 is 0 Å². The molecule has 0 bridgehead atoms. The van der Waals surface area contributed by atoms with Gasteiger partial charge in [0, 0.05) is 31.4 Å². The molecule has 2 aromatic rings. The minimum absolute atomic E-state index is 0.184. The first-order valence-corrected chi connectivity index (χ1v) is 6.44.